The van der Waals surface area contributed by atoms with E-state index in [0.717, 1.165) is 12.8 Å². The number of nitrogens with zero attached hydrogens (tertiary/aromatic N) is 2. The number of nitrogens with one attached hydrogen (secondary N) is 1. The van der Waals surface area contributed by atoms with Crippen LogP contribution in [-0.4, -0.2) is 32.3 Å². The normalized spacial score (nSPS) is 14.1. The van der Waals surface area contributed by atoms with Crippen LogP contribution in [0, 0.1) is 11.3 Å². The van der Waals surface area contributed by atoms with Crippen molar-refractivity contribution in [3.8, 4) is 6.07 Å². The van der Waals surface area contributed by atoms with E-state index in [1.165, 1.54) is 36.4 Å². The van der Waals surface area contributed by atoms with Gasteiger partial charge in [-0.05, 0) is 55.3 Å². The summed E-state index contributed by atoms with van der Waals surface area (Å²) in [5.74, 6) is -0.225. The van der Waals surface area contributed by atoms with Crippen LogP contribution in [0.3, 0.4) is 0 Å². The number of nitriles is 1. The van der Waals surface area contributed by atoms with E-state index in [2.05, 4.69) is 4.72 Å². The smallest absolute Gasteiger partial charge is 0.261 e. The van der Waals surface area contributed by atoms with Crippen molar-refractivity contribution >= 4 is 33.2 Å². The molecule has 2 aromatic carbocycles. The van der Waals surface area contributed by atoms with E-state index in [1.807, 2.05) is 6.07 Å². The second kappa shape index (κ2) is 7.36. The average Bonchev–Trinajstić information content (AvgIpc) is 3.16. The number of sulfonamides is 1. The molecule has 0 aromatic heterocycles. The lowest BCUT2D eigenvalue weighted by Gasteiger charge is -2.18. The highest BCUT2D eigenvalue weighted by molar-refractivity contribution is 7.92. The van der Waals surface area contributed by atoms with Crippen molar-refractivity contribution in [2.45, 2.75) is 17.7 Å². The summed E-state index contributed by atoms with van der Waals surface area (Å²) in [6.07, 6.45) is 1.87. The molecule has 1 N–H and O–H groups in total. The fourth-order valence-corrected chi connectivity index (χ4v) is 4.03. The first-order chi connectivity index (χ1) is 12.4. The zero-order chi connectivity index (χ0) is 18.7. The Balaban J connectivity index is 1.94. The van der Waals surface area contributed by atoms with Crippen molar-refractivity contribution in [3.05, 3.63) is 58.6 Å². The highest BCUT2D eigenvalue weighted by Crippen LogP contribution is 2.26. The number of hydrogen-bond donors (Lipinski definition) is 1. The fourth-order valence-electron chi connectivity index (χ4n) is 2.79. The topological polar surface area (TPSA) is 90.3 Å². The Morgan fingerprint density at radius 1 is 1.12 bits per heavy atom. The SMILES string of the molecule is N#Cc1ccc(S(=O)(=O)Nc2cc(Cl)ccc2C(=O)N2CCCC2)cc1. The van der Waals surface area contributed by atoms with Crippen LogP contribution in [0.2, 0.25) is 5.02 Å². The monoisotopic (exact) mass is 389 g/mol. The Morgan fingerprint density at radius 3 is 2.38 bits per heavy atom. The van der Waals surface area contributed by atoms with Gasteiger partial charge in [0.15, 0.2) is 0 Å². The predicted molar refractivity (Wildman–Crippen MR) is 98.6 cm³/mol. The van der Waals surface area contributed by atoms with Gasteiger partial charge in [0.2, 0.25) is 0 Å². The molecule has 134 valence electrons. The van der Waals surface area contributed by atoms with Gasteiger partial charge in [0.05, 0.1) is 27.8 Å². The minimum Gasteiger partial charge on any atom is -0.339 e. The maximum atomic E-state index is 12.7. The first-order valence-electron chi connectivity index (χ1n) is 8.02. The van der Waals surface area contributed by atoms with Crippen LogP contribution in [0.5, 0.6) is 0 Å². The summed E-state index contributed by atoms with van der Waals surface area (Å²) in [6, 6.07) is 12.0. The minimum atomic E-state index is -3.92. The quantitative estimate of drug-likeness (QED) is 0.868. The molecule has 1 fully saturated rings. The van der Waals surface area contributed by atoms with Crippen LogP contribution in [-0.2, 0) is 10.0 Å². The van der Waals surface area contributed by atoms with Gasteiger partial charge < -0.3 is 4.90 Å². The molecule has 26 heavy (non-hydrogen) atoms. The number of carbonyl (C=O) groups is 1. The lowest BCUT2D eigenvalue weighted by molar-refractivity contribution is 0.0794. The molecule has 2 aromatic rings. The Labute approximate surface area is 157 Å². The highest BCUT2D eigenvalue weighted by atomic mass is 35.5. The van der Waals surface area contributed by atoms with Gasteiger partial charge in [0, 0.05) is 18.1 Å². The fraction of sp³-hybridized carbons (Fsp3) is 0.222. The van der Waals surface area contributed by atoms with Crippen LogP contribution < -0.4 is 4.72 Å². The van der Waals surface area contributed by atoms with Gasteiger partial charge in [-0.15, -0.1) is 0 Å². The third kappa shape index (κ3) is 3.82. The summed E-state index contributed by atoms with van der Waals surface area (Å²) in [5, 5.41) is 9.15. The van der Waals surface area contributed by atoms with Gasteiger partial charge in [-0.1, -0.05) is 11.6 Å². The van der Waals surface area contributed by atoms with E-state index in [-0.39, 0.29) is 22.1 Å². The molecule has 3 rings (SSSR count). The van der Waals surface area contributed by atoms with Crippen molar-refractivity contribution in [2.75, 3.05) is 17.8 Å². The molecule has 1 saturated heterocycles. The lowest BCUT2D eigenvalue weighted by atomic mass is 10.1. The summed E-state index contributed by atoms with van der Waals surface area (Å²) in [4.78, 5) is 14.4. The van der Waals surface area contributed by atoms with Gasteiger partial charge in [-0.2, -0.15) is 5.26 Å². The third-order valence-electron chi connectivity index (χ3n) is 4.14. The van der Waals surface area contributed by atoms with Crippen molar-refractivity contribution in [3.63, 3.8) is 0 Å². The highest BCUT2D eigenvalue weighted by Gasteiger charge is 2.24. The molecule has 1 amide bonds. The van der Waals surface area contributed by atoms with E-state index in [9.17, 15) is 13.2 Å². The van der Waals surface area contributed by atoms with Crippen LogP contribution in [0.25, 0.3) is 0 Å². The van der Waals surface area contributed by atoms with Crippen LogP contribution in [0.4, 0.5) is 5.69 Å². The molecule has 0 radical (unpaired) electrons. The number of amides is 1. The molecule has 0 unspecified atom stereocenters. The summed E-state index contributed by atoms with van der Waals surface area (Å²) in [6.45, 7) is 1.31. The van der Waals surface area contributed by atoms with Gasteiger partial charge >= 0.3 is 0 Å². The Hall–Kier alpha value is -2.56. The van der Waals surface area contributed by atoms with E-state index in [1.54, 1.807) is 11.0 Å². The second-order valence-corrected chi connectivity index (χ2v) is 8.05. The largest absolute Gasteiger partial charge is 0.339 e. The van der Waals surface area contributed by atoms with Crippen LogP contribution in [0.15, 0.2) is 47.4 Å². The Kier molecular flexibility index (Phi) is 5.16. The molecule has 0 bridgehead atoms. The molecule has 1 aliphatic rings. The molecule has 0 atom stereocenters. The molecule has 0 aliphatic carbocycles. The van der Waals surface area contributed by atoms with E-state index in [4.69, 9.17) is 16.9 Å². The molecule has 0 spiro atoms. The predicted octanol–water partition coefficient (Wildman–Crippen LogP) is 3.25. The van der Waals surface area contributed by atoms with E-state index in [0.29, 0.717) is 23.7 Å². The summed E-state index contributed by atoms with van der Waals surface area (Å²) >= 11 is 6.00. The van der Waals surface area contributed by atoms with Gasteiger partial charge in [-0.3, -0.25) is 9.52 Å². The number of carbonyl (C=O) groups excluding carboxylic acids is 1. The second-order valence-electron chi connectivity index (χ2n) is 5.93. The molecular weight excluding hydrogens is 374 g/mol. The molecular formula is C18H16ClN3O3S. The number of halogens is 1. The number of hydrogen-bond acceptors (Lipinski definition) is 4. The van der Waals surface area contributed by atoms with Gasteiger partial charge in [0.1, 0.15) is 0 Å². The van der Waals surface area contributed by atoms with Crippen LogP contribution in [0.1, 0.15) is 28.8 Å². The Bertz CT molecular complexity index is 976. The summed E-state index contributed by atoms with van der Waals surface area (Å²) < 4.78 is 27.7. The maximum absolute atomic E-state index is 12.7. The van der Waals surface area contributed by atoms with Gasteiger partial charge in [0.25, 0.3) is 15.9 Å². The van der Waals surface area contributed by atoms with E-state index < -0.39 is 10.0 Å². The van der Waals surface area contributed by atoms with Crippen molar-refractivity contribution in [1.82, 2.24) is 4.90 Å². The first kappa shape index (κ1) is 18.2. The minimum absolute atomic E-state index is 0.00366. The standard InChI is InChI=1S/C18H16ClN3O3S/c19-14-5-8-16(18(23)22-9-1-2-10-22)17(11-14)21-26(24,25)15-6-3-13(12-20)4-7-15/h3-8,11,21H,1-2,9-10H2. The molecule has 6 nitrogen and oxygen atoms in total. The molecule has 1 aliphatic heterocycles. The number of likely N-dealkylation sites (tertiary alicyclic amines) is 1. The number of benzene rings is 2. The zero-order valence-electron chi connectivity index (χ0n) is 13.8. The number of anilines is 1. The van der Waals surface area contributed by atoms with Crippen LogP contribution >= 0.6 is 11.6 Å². The average molecular weight is 390 g/mol. The van der Waals surface area contributed by atoms with Crippen molar-refractivity contribution < 1.29 is 13.2 Å². The van der Waals surface area contributed by atoms with Crippen molar-refractivity contribution in [1.29, 1.82) is 5.26 Å². The number of rotatable bonds is 4. The molecule has 8 heteroatoms. The molecule has 1 heterocycles. The third-order valence-corrected chi connectivity index (χ3v) is 5.76. The lowest BCUT2D eigenvalue weighted by Crippen LogP contribution is -2.28. The van der Waals surface area contributed by atoms with Gasteiger partial charge in [-0.25, -0.2) is 8.42 Å². The Morgan fingerprint density at radius 2 is 1.77 bits per heavy atom. The first-order valence-corrected chi connectivity index (χ1v) is 9.88. The molecule has 0 saturated carbocycles. The summed E-state index contributed by atoms with van der Waals surface area (Å²) in [5.41, 5.74) is 0.754. The zero-order valence-corrected chi connectivity index (χ0v) is 15.3. The maximum Gasteiger partial charge on any atom is 0.261 e. The van der Waals surface area contributed by atoms with E-state index >= 15 is 0 Å². The summed E-state index contributed by atoms with van der Waals surface area (Å²) in [7, 11) is -3.92. The van der Waals surface area contributed by atoms with Crippen molar-refractivity contribution in [2.24, 2.45) is 0 Å².